The molecule has 1 saturated heterocycles. The maximum Gasteiger partial charge on any atom is 0.354 e. The molecule has 1 aliphatic rings. The van der Waals surface area contributed by atoms with Crippen LogP contribution < -0.4 is 5.32 Å². The van der Waals surface area contributed by atoms with E-state index in [4.69, 9.17) is 4.74 Å². The fraction of sp³-hybridized carbons (Fsp3) is 0.267. The zero-order chi connectivity index (χ0) is 13.4. The first kappa shape index (κ1) is 12.2. The zero-order valence-corrected chi connectivity index (χ0v) is 11.7. The number of esters is 1. The highest BCUT2D eigenvalue weighted by Gasteiger charge is 2.21. The number of thiophene rings is 1. The van der Waals surface area contributed by atoms with Crippen LogP contribution in [0.5, 0.6) is 0 Å². The summed E-state index contributed by atoms with van der Waals surface area (Å²) < 4.78 is 6.36. The molecule has 1 atom stereocenters. The summed E-state index contributed by atoms with van der Waals surface area (Å²) in [6.07, 6.45) is 1.90. The number of benzene rings is 1. The van der Waals surface area contributed by atoms with E-state index < -0.39 is 0 Å². The van der Waals surface area contributed by atoms with E-state index in [1.807, 2.05) is 25.1 Å². The van der Waals surface area contributed by atoms with Gasteiger partial charge in [0.2, 0.25) is 0 Å². The second kappa shape index (κ2) is 4.70. The fourth-order valence-electron chi connectivity index (χ4n) is 2.21. The number of ether oxygens (including phenoxy) is 1. The average Bonchev–Trinajstić information content (AvgIpc) is 2.72. The Balaban J connectivity index is 2.04. The van der Waals surface area contributed by atoms with Crippen LogP contribution >= 0.6 is 11.3 Å². The number of cyclic esters (lactones) is 1. The Morgan fingerprint density at radius 1 is 1.42 bits per heavy atom. The Morgan fingerprint density at radius 2 is 2.21 bits per heavy atom. The van der Waals surface area contributed by atoms with Gasteiger partial charge in [0.15, 0.2) is 0 Å². The van der Waals surface area contributed by atoms with E-state index in [9.17, 15) is 4.79 Å². The summed E-state index contributed by atoms with van der Waals surface area (Å²) in [6.45, 7) is 4.52. The van der Waals surface area contributed by atoms with Crippen LogP contribution in [-0.2, 0) is 9.53 Å². The van der Waals surface area contributed by atoms with Crippen molar-refractivity contribution in [3.63, 3.8) is 0 Å². The van der Waals surface area contributed by atoms with Gasteiger partial charge in [0, 0.05) is 9.58 Å². The molecule has 0 aliphatic carbocycles. The first-order valence-corrected chi connectivity index (χ1v) is 7.10. The average molecular weight is 273 g/mol. The van der Waals surface area contributed by atoms with Crippen LogP contribution in [0, 0.1) is 6.92 Å². The molecular formula is C15H15NO2S. The lowest BCUT2D eigenvalue weighted by atomic mass is 10.1. The molecule has 1 aromatic heterocycles. The van der Waals surface area contributed by atoms with Gasteiger partial charge in [-0.1, -0.05) is 18.2 Å². The number of rotatable bonds is 1. The van der Waals surface area contributed by atoms with E-state index in [-0.39, 0.29) is 12.0 Å². The molecule has 1 unspecified atom stereocenters. The van der Waals surface area contributed by atoms with Gasteiger partial charge in [0.1, 0.15) is 12.3 Å². The second-order valence-electron chi connectivity index (χ2n) is 4.79. The normalized spacial score (nSPS) is 21.5. The predicted molar refractivity (Wildman–Crippen MR) is 78.1 cm³/mol. The third kappa shape index (κ3) is 2.24. The number of morpholine rings is 1. The first-order chi connectivity index (χ1) is 9.15. The molecular weight excluding hydrogens is 258 g/mol. The van der Waals surface area contributed by atoms with Gasteiger partial charge in [-0.2, -0.15) is 0 Å². The van der Waals surface area contributed by atoms with E-state index in [2.05, 4.69) is 24.4 Å². The second-order valence-corrected chi connectivity index (χ2v) is 5.87. The first-order valence-electron chi connectivity index (χ1n) is 6.28. The molecule has 2 heterocycles. The highest BCUT2D eigenvalue weighted by Crippen LogP contribution is 2.32. The molecule has 1 fully saturated rings. The molecule has 2 aromatic rings. The molecule has 0 radical (unpaired) electrons. The highest BCUT2D eigenvalue weighted by molar-refractivity contribution is 7.20. The number of carbonyl (C=O) groups is 1. The van der Waals surface area contributed by atoms with Crippen molar-refractivity contribution >= 4 is 33.5 Å². The van der Waals surface area contributed by atoms with Crippen LogP contribution in [0.15, 0.2) is 30.0 Å². The van der Waals surface area contributed by atoms with Crippen molar-refractivity contribution in [2.24, 2.45) is 0 Å². The molecule has 0 amide bonds. The monoisotopic (exact) mass is 273 g/mol. The van der Waals surface area contributed by atoms with Crippen molar-refractivity contribution < 1.29 is 9.53 Å². The van der Waals surface area contributed by atoms with Crippen molar-refractivity contribution in [1.29, 1.82) is 0 Å². The van der Waals surface area contributed by atoms with Gasteiger partial charge in [-0.05, 0) is 36.9 Å². The Hall–Kier alpha value is -1.81. The molecule has 1 aromatic carbocycles. The Kier molecular flexibility index (Phi) is 3.03. The lowest BCUT2D eigenvalue weighted by molar-refractivity contribution is -0.142. The standard InChI is InChI=1S/C15H15NO2S/c1-9-8-18-15(17)12(16-9)7-14-10(2)11-5-3-4-6-13(11)19-14/h3-7,9,16H,8H2,1-2H3/b12-7-. The Bertz CT molecular complexity index is 672. The van der Waals surface area contributed by atoms with Gasteiger partial charge >= 0.3 is 5.97 Å². The summed E-state index contributed by atoms with van der Waals surface area (Å²) in [5, 5.41) is 4.43. The smallest absolute Gasteiger partial charge is 0.354 e. The summed E-state index contributed by atoms with van der Waals surface area (Å²) in [5.74, 6) is -0.269. The lowest BCUT2D eigenvalue weighted by Gasteiger charge is -2.22. The molecule has 3 rings (SSSR count). The van der Waals surface area contributed by atoms with Crippen LogP contribution in [-0.4, -0.2) is 18.6 Å². The van der Waals surface area contributed by atoms with Crippen LogP contribution in [0.25, 0.3) is 16.2 Å². The summed E-state index contributed by atoms with van der Waals surface area (Å²) in [5.41, 5.74) is 1.76. The molecule has 1 aliphatic heterocycles. The number of carbonyl (C=O) groups excluding carboxylic acids is 1. The number of fused-ring (bicyclic) bond motifs is 1. The lowest BCUT2D eigenvalue weighted by Crippen LogP contribution is -2.40. The summed E-state index contributed by atoms with van der Waals surface area (Å²) in [7, 11) is 0. The molecule has 4 heteroatoms. The Morgan fingerprint density at radius 3 is 3.00 bits per heavy atom. The quantitative estimate of drug-likeness (QED) is 0.641. The van der Waals surface area contributed by atoms with Gasteiger partial charge in [0.25, 0.3) is 0 Å². The molecule has 0 spiro atoms. The molecule has 98 valence electrons. The molecule has 0 saturated carbocycles. The summed E-state index contributed by atoms with van der Waals surface area (Å²) >= 11 is 1.70. The molecule has 19 heavy (non-hydrogen) atoms. The van der Waals surface area contributed by atoms with Crippen molar-refractivity contribution in [2.75, 3.05) is 6.61 Å². The maximum atomic E-state index is 11.7. The van der Waals surface area contributed by atoms with Gasteiger partial charge < -0.3 is 10.1 Å². The minimum atomic E-state index is -0.269. The third-order valence-corrected chi connectivity index (χ3v) is 4.46. The number of aryl methyl sites for hydroxylation is 1. The van der Waals surface area contributed by atoms with Gasteiger partial charge in [-0.25, -0.2) is 4.79 Å². The van der Waals surface area contributed by atoms with Crippen molar-refractivity contribution in [1.82, 2.24) is 5.32 Å². The van der Waals surface area contributed by atoms with Crippen molar-refractivity contribution in [2.45, 2.75) is 19.9 Å². The van der Waals surface area contributed by atoms with Crippen LogP contribution in [0.2, 0.25) is 0 Å². The van der Waals surface area contributed by atoms with Crippen molar-refractivity contribution in [3.8, 4) is 0 Å². The van der Waals surface area contributed by atoms with E-state index in [0.717, 1.165) is 4.88 Å². The number of hydrogen-bond acceptors (Lipinski definition) is 4. The van der Waals surface area contributed by atoms with E-state index in [0.29, 0.717) is 12.3 Å². The molecule has 0 bridgehead atoms. The van der Waals surface area contributed by atoms with Crippen LogP contribution in [0.3, 0.4) is 0 Å². The van der Waals surface area contributed by atoms with Gasteiger partial charge in [-0.15, -0.1) is 11.3 Å². The SMILES string of the molecule is Cc1c(/C=C2\NC(C)COC2=O)sc2ccccc12. The molecule has 3 nitrogen and oxygen atoms in total. The number of hydrogen-bond donors (Lipinski definition) is 1. The highest BCUT2D eigenvalue weighted by atomic mass is 32.1. The summed E-state index contributed by atoms with van der Waals surface area (Å²) in [6, 6.07) is 8.44. The minimum Gasteiger partial charge on any atom is -0.459 e. The molecule has 1 N–H and O–H groups in total. The predicted octanol–water partition coefficient (Wildman–Crippen LogP) is 3.09. The fourth-order valence-corrected chi connectivity index (χ4v) is 3.36. The van der Waals surface area contributed by atoms with Crippen LogP contribution in [0.1, 0.15) is 17.4 Å². The zero-order valence-electron chi connectivity index (χ0n) is 10.9. The summed E-state index contributed by atoms with van der Waals surface area (Å²) in [4.78, 5) is 12.8. The van der Waals surface area contributed by atoms with Gasteiger partial charge in [0.05, 0.1) is 6.04 Å². The Labute approximate surface area is 115 Å². The third-order valence-electron chi connectivity index (χ3n) is 3.24. The minimum absolute atomic E-state index is 0.165. The number of nitrogens with one attached hydrogen (secondary N) is 1. The van der Waals surface area contributed by atoms with Crippen LogP contribution in [0.4, 0.5) is 0 Å². The van der Waals surface area contributed by atoms with Gasteiger partial charge in [-0.3, -0.25) is 0 Å². The van der Waals surface area contributed by atoms with E-state index in [1.165, 1.54) is 15.6 Å². The van der Waals surface area contributed by atoms with E-state index in [1.54, 1.807) is 11.3 Å². The van der Waals surface area contributed by atoms with E-state index >= 15 is 0 Å². The van der Waals surface area contributed by atoms with Crippen molar-refractivity contribution in [3.05, 3.63) is 40.4 Å². The maximum absolute atomic E-state index is 11.7. The largest absolute Gasteiger partial charge is 0.459 e. The topological polar surface area (TPSA) is 38.3 Å².